The molecule has 12 nitrogen and oxygen atoms in total. The van der Waals surface area contributed by atoms with Crippen molar-refractivity contribution in [3.05, 3.63) is 45.3 Å². The molecule has 0 spiro atoms. The summed E-state index contributed by atoms with van der Waals surface area (Å²) in [6, 6.07) is 3.00. The maximum absolute atomic E-state index is 13.0. The zero-order valence-corrected chi connectivity index (χ0v) is 19.3. The smallest absolute Gasteiger partial charge is 0.271 e. The average molecular weight is 487 g/mol. The van der Waals surface area contributed by atoms with Crippen LogP contribution < -0.4 is 0 Å². The lowest BCUT2D eigenvalue weighted by Gasteiger charge is -2.22. The number of non-ortho nitro benzene ring substituents is 1. The van der Waals surface area contributed by atoms with Crippen molar-refractivity contribution in [2.75, 3.05) is 32.4 Å². The first-order chi connectivity index (χ1) is 14.8. The largest absolute Gasteiger partial charge is 0.360 e. The fourth-order valence-corrected chi connectivity index (χ4v) is 5.95. The third-order valence-corrected chi connectivity index (χ3v) is 8.32. The molecule has 1 amide bonds. The summed E-state index contributed by atoms with van der Waals surface area (Å²) in [5.41, 5.74) is -0.431. The van der Waals surface area contributed by atoms with Gasteiger partial charge in [-0.3, -0.25) is 14.9 Å². The van der Waals surface area contributed by atoms with Gasteiger partial charge in [0.25, 0.3) is 11.6 Å². The van der Waals surface area contributed by atoms with Gasteiger partial charge in [0.05, 0.1) is 9.82 Å². The number of aryl methyl sites for hydroxylation is 2. The Bertz CT molecular complexity index is 1260. The van der Waals surface area contributed by atoms with Crippen LogP contribution in [0.25, 0.3) is 0 Å². The number of amides is 1. The number of hydrogen-bond acceptors (Lipinski definition) is 9. The van der Waals surface area contributed by atoms with Gasteiger partial charge < -0.3 is 9.42 Å². The van der Waals surface area contributed by atoms with Crippen LogP contribution in [-0.2, 0) is 19.9 Å². The Hall–Kier alpha value is -2.84. The van der Waals surface area contributed by atoms with Gasteiger partial charge >= 0.3 is 0 Å². The third-order valence-electron chi connectivity index (χ3n) is 5.09. The van der Waals surface area contributed by atoms with Crippen molar-refractivity contribution in [1.29, 1.82) is 0 Å². The van der Waals surface area contributed by atoms with Gasteiger partial charge in [0.2, 0.25) is 10.0 Å². The summed E-state index contributed by atoms with van der Waals surface area (Å²) in [5.74, 6) is -0.445. The molecule has 3 rings (SSSR count). The molecule has 1 fully saturated rings. The summed E-state index contributed by atoms with van der Waals surface area (Å²) < 4.78 is 56.1. The Morgan fingerprint density at radius 1 is 1.09 bits per heavy atom. The standard InChI is InChI=1S/C18H22N4O8S2/c1-12-17(13(2)30-19-12)32(28,29)21-6-4-5-20(7-8-21)18(23)14-9-15(22(24)25)11-16(10-14)31(3,26)27/h9-11H,4-8H2,1-3H3. The highest BCUT2D eigenvalue weighted by Crippen LogP contribution is 2.26. The van der Waals surface area contributed by atoms with Crippen LogP contribution in [0.2, 0.25) is 0 Å². The topological polar surface area (TPSA) is 161 Å². The molecule has 0 aliphatic carbocycles. The van der Waals surface area contributed by atoms with E-state index in [0.29, 0.717) is 6.42 Å². The highest BCUT2D eigenvalue weighted by atomic mass is 32.2. The predicted octanol–water partition coefficient (Wildman–Crippen LogP) is 1.14. The first kappa shape index (κ1) is 23.8. The van der Waals surface area contributed by atoms with E-state index >= 15 is 0 Å². The second-order valence-electron chi connectivity index (χ2n) is 7.45. The maximum Gasteiger partial charge on any atom is 0.271 e. The average Bonchev–Trinajstić information content (AvgIpc) is 2.91. The molecule has 1 saturated heterocycles. The molecule has 2 aromatic rings. The van der Waals surface area contributed by atoms with E-state index < -0.39 is 36.4 Å². The minimum absolute atomic E-state index is 0.00578. The molecule has 0 bridgehead atoms. The number of sulfonamides is 1. The second kappa shape index (κ2) is 8.60. The van der Waals surface area contributed by atoms with Gasteiger partial charge in [0.15, 0.2) is 15.6 Å². The molecule has 0 saturated carbocycles. The summed E-state index contributed by atoms with van der Waals surface area (Å²) in [5, 5.41) is 14.9. The number of sulfone groups is 1. The molecular weight excluding hydrogens is 464 g/mol. The summed E-state index contributed by atoms with van der Waals surface area (Å²) in [4.78, 5) is 24.5. The van der Waals surface area contributed by atoms with E-state index in [4.69, 9.17) is 4.52 Å². The Labute approximate surface area is 184 Å². The Kier molecular flexibility index (Phi) is 6.40. The number of nitrogens with zero attached hydrogens (tertiary/aromatic N) is 4. The monoisotopic (exact) mass is 486 g/mol. The maximum atomic E-state index is 13.0. The van der Waals surface area contributed by atoms with Gasteiger partial charge in [-0.15, -0.1) is 0 Å². The number of nitro groups is 1. The van der Waals surface area contributed by atoms with Crippen LogP contribution in [0, 0.1) is 24.0 Å². The van der Waals surface area contributed by atoms with E-state index in [0.717, 1.165) is 24.5 Å². The van der Waals surface area contributed by atoms with Crippen LogP contribution in [0.3, 0.4) is 0 Å². The highest BCUT2D eigenvalue weighted by Gasteiger charge is 2.33. The highest BCUT2D eigenvalue weighted by molar-refractivity contribution is 7.90. The van der Waals surface area contributed by atoms with E-state index in [1.54, 1.807) is 0 Å². The fraction of sp³-hybridized carbons (Fsp3) is 0.444. The quantitative estimate of drug-likeness (QED) is 0.446. The molecule has 1 aliphatic rings. The lowest BCUT2D eigenvalue weighted by Crippen LogP contribution is -2.37. The van der Waals surface area contributed by atoms with Crippen molar-refractivity contribution in [2.24, 2.45) is 0 Å². The zero-order chi connectivity index (χ0) is 23.8. The Morgan fingerprint density at radius 3 is 2.34 bits per heavy atom. The van der Waals surface area contributed by atoms with Crippen LogP contribution in [-0.4, -0.2) is 74.5 Å². The number of nitro benzene ring substituents is 1. The fourth-order valence-electron chi connectivity index (χ4n) is 3.52. The van der Waals surface area contributed by atoms with E-state index in [2.05, 4.69) is 5.16 Å². The van der Waals surface area contributed by atoms with Gasteiger partial charge in [0, 0.05) is 50.1 Å². The number of carbonyl (C=O) groups excluding carboxylic acids is 1. The van der Waals surface area contributed by atoms with Gasteiger partial charge in [-0.25, -0.2) is 16.8 Å². The van der Waals surface area contributed by atoms with Crippen LogP contribution in [0.1, 0.15) is 28.2 Å². The number of benzene rings is 1. The lowest BCUT2D eigenvalue weighted by atomic mass is 10.1. The molecule has 174 valence electrons. The molecule has 32 heavy (non-hydrogen) atoms. The van der Waals surface area contributed by atoms with Crippen molar-refractivity contribution >= 4 is 31.5 Å². The Morgan fingerprint density at radius 2 is 1.78 bits per heavy atom. The van der Waals surface area contributed by atoms with E-state index in [9.17, 15) is 31.7 Å². The summed E-state index contributed by atoms with van der Waals surface area (Å²) in [6.45, 7) is 3.40. The van der Waals surface area contributed by atoms with Crippen LogP contribution >= 0.6 is 0 Å². The predicted molar refractivity (Wildman–Crippen MR) is 111 cm³/mol. The number of carbonyl (C=O) groups is 1. The van der Waals surface area contributed by atoms with Crippen LogP contribution in [0.5, 0.6) is 0 Å². The van der Waals surface area contributed by atoms with Crippen molar-refractivity contribution in [1.82, 2.24) is 14.4 Å². The minimum atomic E-state index is -3.89. The Balaban J connectivity index is 1.87. The molecule has 0 unspecified atom stereocenters. The lowest BCUT2D eigenvalue weighted by molar-refractivity contribution is -0.385. The zero-order valence-electron chi connectivity index (χ0n) is 17.6. The van der Waals surface area contributed by atoms with Gasteiger partial charge in [0.1, 0.15) is 10.6 Å². The van der Waals surface area contributed by atoms with E-state index in [-0.39, 0.29) is 53.0 Å². The molecule has 0 N–H and O–H groups in total. The molecule has 0 atom stereocenters. The van der Waals surface area contributed by atoms with Crippen LogP contribution in [0.15, 0.2) is 32.5 Å². The second-order valence-corrected chi connectivity index (χ2v) is 11.3. The molecule has 1 aliphatic heterocycles. The number of aromatic nitrogens is 1. The van der Waals surface area contributed by atoms with Gasteiger partial charge in [-0.2, -0.15) is 4.31 Å². The molecule has 14 heteroatoms. The first-order valence-electron chi connectivity index (χ1n) is 9.54. The van der Waals surface area contributed by atoms with Crippen molar-refractivity contribution < 1.29 is 31.1 Å². The third kappa shape index (κ3) is 4.66. The molecule has 0 radical (unpaired) electrons. The van der Waals surface area contributed by atoms with E-state index in [1.165, 1.54) is 23.1 Å². The number of rotatable bonds is 5. The summed E-state index contributed by atoms with van der Waals surface area (Å²) in [6.07, 6.45) is 1.21. The number of hydrogen-bond donors (Lipinski definition) is 0. The molecular formula is C18H22N4O8S2. The molecule has 1 aromatic carbocycles. The summed E-state index contributed by atoms with van der Waals surface area (Å²) in [7, 11) is -7.68. The van der Waals surface area contributed by atoms with Crippen molar-refractivity contribution in [2.45, 2.75) is 30.1 Å². The SMILES string of the molecule is Cc1noc(C)c1S(=O)(=O)N1CCCN(C(=O)c2cc([N+](=O)[O-])cc(S(C)(=O)=O)c2)CC1. The normalized spacial score (nSPS) is 16.0. The van der Waals surface area contributed by atoms with Gasteiger partial charge in [-0.05, 0) is 26.3 Å². The van der Waals surface area contributed by atoms with Gasteiger partial charge in [-0.1, -0.05) is 5.16 Å². The molecule has 2 heterocycles. The first-order valence-corrected chi connectivity index (χ1v) is 12.9. The van der Waals surface area contributed by atoms with Crippen molar-refractivity contribution in [3.63, 3.8) is 0 Å². The van der Waals surface area contributed by atoms with Crippen molar-refractivity contribution in [3.8, 4) is 0 Å². The minimum Gasteiger partial charge on any atom is -0.360 e. The van der Waals surface area contributed by atoms with E-state index in [1.807, 2.05) is 0 Å². The summed E-state index contributed by atoms with van der Waals surface area (Å²) >= 11 is 0. The van der Waals surface area contributed by atoms with Crippen LogP contribution in [0.4, 0.5) is 5.69 Å². The molecule has 1 aromatic heterocycles.